The van der Waals surface area contributed by atoms with Crippen LogP contribution in [0.3, 0.4) is 0 Å². The molecule has 0 aliphatic heterocycles. The molecule has 0 amide bonds. The molecule has 0 heterocycles. The predicted octanol–water partition coefficient (Wildman–Crippen LogP) is 5.89. The van der Waals surface area contributed by atoms with E-state index in [0.717, 1.165) is 12.1 Å². The first-order valence-corrected chi connectivity index (χ1v) is 6.51. The third-order valence-corrected chi connectivity index (χ3v) is 3.09. The van der Waals surface area contributed by atoms with Gasteiger partial charge in [0, 0.05) is 10.6 Å². The lowest BCUT2D eigenvalue weighted by atomic mass is 10.2. The maximum atomic E-state index is 12.6. The first kappa shape index (κ1) is 15.0. The zero-order chi connectivity index (χ0) is 14.8. The van der Waals surface area contributed by atoms with Gasteiger partial charge in [0.05, 0.1) is 11.4 Å². The molecule has 0 spiro atoms. The normalized spacial score (nSPS) is 11.4. The van der Waals surface area contributed by atoms with Gasteiger partial charge in [0.1, 0.15) is 11.5 Å². The van der Waals surface area contributed by atoms with Crippen molar-refractivity contribution in [2.45, 2.75) is 12.1 Å². The summed E-state index contributed by atoms with van der Waals surface area (Å²) in [7, 11) is 0. The van der Waals surface area contributed by atoms with Crippen LogP contribution in [0.5, 0.6) is 11.5 Å². The Balaban J connectivity index is 2.33. The van der Waals surface area contributed by atoms with E-state index >= 15 is 0 Å². The number of hydrogen-bond acceptors (Lipinski definition) is 1. The first-order valence-electron chi connectivity index (χ1n) is 5.59. The van der Waals surface area contributed by atoms with Gasteiger partial charge in [-0.05, 0) is 30.3 Å². The average molecular weight is 321 g/mol. The number of ether oxygens (including phenoxy) is 1. The summed E-state index contributed by atoms with van der Waals surface area (Å²) in [5.74, 6) is 0.589. The predicted molar refractivity (Wildman–Crippen MR) is 72.5 cm³/mol. The van der Waals surface area contributed by atoms with Crippen LogP contribution in [0.1, 0.15) is 11.1 Å². The molecular weight excluding hydrogens is 312 g/mol. The molecule has 2 rings (SSSR count). The van der Waals surface area contributed by atoms with Crippen LogP contribution in [0.15, 0.2) is 42.5 Å². The van der Waals surface area contributed by atoms with Gasteiger partial charge in [-0.2, -0.15) is 13.2 Å². The molecule has 2 aromatic rings. The van der Waals surface area contributed by atoms with Crippen LogP contribution >= 0.6 is 23.2 Å². The van der Waals surface area contributed by atoms with Gasteiger partial charge in [-0.1, -0.05) is 23.7 Å². The molecule has 0 aromatic heterocycles. The number of rotatable bonds is 3. The molecule has 0 radical (unpaired) electrons. The van der Waals surface area contributed by atoms with Crippen molar-refractivity contribution in [1.82, 2.24) is 0 Å². The second-order valence-electron chi connectivity index (χ2n) is 4.01. The molecule has 0 fully saturated rings. The highest BCUT2D eigenvalue weighted by Crippen LogP contribution is 2.34. The maximum absolute atomic E-state index is 12.6. The van der Waals surface area contributed by atoms with Crippen molar-refractivity contribution in [3.63, 3.8) is 0 Å². The smallest absolute Gasteiger partial charge is 0.416 e. The molecule has 6 heteroatoms. The van der Waals surface area contributed by atoms with Crippen molar-refractivity contribution in [3.8, 4) is 11.5 Å². The van der Waals surface area contributed by atoms with Gasteiger partial charge < -0.3 is 4.74 Å². The first-order chi connectivity index (χ1) is 9.40. The van der Waals surface area contributed by atoms with Gasteiger partial charge in [0.25, 0.3) is 0 Å². The lowest BCUT2D eigenvalue weighted by Crippen LogP contribution is -2.04. The summed E-state index contributed by atoms with van der Waals surface area (Å²) in [5.41, 5.74) is -0.127. The van der Waals surface area contributed by atoms with Gasteiger partial charge >= 0.3 is 6.18 Å². The molecule has 0 aliphatic carbocycles. The Bertz CT molecular complexity index is 612. The van der Waals surface area contributed by atoms with Gasteiger partial charge in [0.2, 0.25) is 0 Å². The van der Waals surface area contributed by atoms with E-state index in [-0.39, 0.29) is 11.6 Å². The Morgan fingerprint density at radius 1 is 1.05 bits per heavy atom. The number of hydrogen-bond donors (Lipinski definition) is 0. The van der Waals surface area contributed by atoms with Crippen molar-refractivity contribution < 1.29 is 17.9 Å². The number of alkyl halides is 4. The van der Waals surface area contributed by atoms with Crippen LogP contribution in [-0.4, -0.2) is 0 Å². The highest BCUT2D eigenvalue weighted by molar-refractivity contribution is 6.30. The summed E-state index contributed by atoms with van der Waals surface area (Å²) >= 11 is 11.6. The van der Waals surface area contributed by atoms with Crippen LogP contribution in [0.2, 0.25) is 5.02 Å². The van der Waals surface area contributed by atoms with Crippen LogP contribution in [-0.2, 0) is 12.1 Å². The zero-order valence-electron chi connectivity index (χ0n) is 10.0. The summed E-state index contributed by atoms with van der Waals surface area (Å²) in [4.78, 5) is 0. The summed E-state index contributed by atoms with van der Waals surface area (Å²) in [6, 6.07) is 9.44. The standard InChI is InChI=1S/C14H9Cl2F3O/c15-8-9-4-5-11(16)7-13(9)20-12-3-1-2-10(6-12)14(17,18)19/h1-7H,8H2. The van der Waals surface area contributed by atoms with Gasteiger partial charge in [-0.3, -0.25) is 0 Å². The van der Waals surface area contributed by atoms with Gasteiger partial charge in [-0.25, -0.2) is 0 Å². The maximum Gasteiger partial charge on any atom is 0.416 e. The van der Waals surface area contributed by atoms with E-state index in [1.54, 1.807) is 12.1 Å². The Morgan fingerprint density at radius 2 is 1.80 bits per heavy atom. The molecule has 2 aromatic carbocycles. The van der Waals surface area contributed by atoms with E-state index in [1.807, 2.05) is 0 Å². The zero-order valence-corrected chi connectivity index (χ0v) is 11.6. The Kier molecular flexibility index (Phi) is 4.45. The van der Waals surface area contributed by atoms with Crippen molar-refractivity contribution >= 4 is 23.2 Å². The lowest BCUT2D eigenvalue weighted by Gasteiger charge is -2.12. The molecule has 0 atom stereocenters. The minimum absolute atomic E-state index is 0.0773. The largest absolute Gasteiger partial charge is 0.457 e. The van der Waals surface area contributed by atoms with Crippen LogP contribution in [0.25, 0.3) is 0 Å². The van der Waals surface area contributed by atoms with Crippen molar-refractivity contribution in [3.05, 3.63) is 58.6 Å². The quantitative estimate of drug-likeness (QED) is 0.641. The highest BCUT2D eigenvalue weighted by atomic mass is 35.5. The monoisotopic (exact) mass is 320 g/mol. The topological polar surface area (TPSA) is 9.23 Å². The Hall–Kier alpha value is -1.39. The molecule has 0 saturated heterocycles. The van der Waals surface area contributed by atoms with Crippen molar-refractivity contribution in [2.24, 2.45) is 0 Å². The van der Waals surface area contributed by atoms with E-state index in [1.165, 1.54) is 18.2 Å². The molecular formula is C14H9Cl2F3O. The molecule has 0 bridgehead atoms. The minimum Gasteiger partial charge on any atom is -0.457 e. The molecule has 0 aliphatic rings. The average Bonchev–Trinajstić information content (AvgIpc) is 2.38. The van der Waals surface area contributed by atoms with Gasteiger partial charge in [0.15, 0.2) is 0 Å². The second-order valence-corrected chi connectivity index (χ2v) is 4.72. The fourth-order valence-electron chi connectivity index (χ4n) is 1.60. The molecule has 0 N–H and O–H groups in total. The fourth-order valence-corrected chi connectivity index (χ4v) is 1.98. The summed E-state index contributed by atoms with van der Waals surface area (Å²) in [6.45, 7) is 0. The summed E-state index contributed by atoms with van der Waals surface area (Å²) < 4.78 is 43.3. The SMILES string of the molecule is FC(F)(F)c1cccc(Oc2cc(Cl)ccc2CCl)c1. The number of halogens is 5. The molecule has 0 saturated carbocycles. The third-order valence-electron chi connectivity index (χ3n) is 2.56. The van der Waals surface area contributed by atoms with Crippen molar-refractivity contribution in [1.29, 1.82) is 0 Å². The van der Waals surface area contributed by atoms with Crippen molar-refractivity contribution in [2.75, 3.05) is 0 Å². The van der Waals surface area contributed by atoms with Crippen LogP contribution < -0.4 is 4.74 Å². The summed E-state index contributed by atoms with van der Waals surface area (Å²) in [5, 5.41) is 0.417. The highest BCUT2D eigenvalue weighted by Gasteiger charge is 2.30. The van der Waals surface area contributed by atoms with E-state index in [2.05, 4.69) is 0 Å². The third kappa shape index (κ3) is 3.58. The van der Waals surface area contributed by atoms with Gasteiger partial charge in [-0.15, -0.1) is 11.6 Å². The Morgan fingerprint density at radius 3 is 2.45 bits per heavy atom. The molecule has 1 nitrogen and oxygen atoms in total. The molecule has 0 unspecified atom stereocenters. The minimum atomic E-state index is -4.41. The lowest BCUT2D eigenvalue weighted by molar-refractivity contribution is -0.137. The fraction of sp³-hybridized carbons (Fsp3) is 0.143. The van der Waals surface area contributed by atoms with Crippen LogP contribution in [0, 0.1) is 0 Å². The molecule has 106 valence electrons. The van der Waals surface area contributed by atoms with Crippen LogP contribution in [0.4, 0.5) is 13.2 Å². The Labute approximate surface area is 123 Å². The van der Waals surface area contributed by atoms with E-state index in [9.17, 15) is 13.2 Å². The summed E-state index contributed by atoms with van der Waals surface area (Å²) in [6.07, 6.45) is -4.41. The van der Waals surface area contributed by atoms with E-state index < -0.39 is 11.7 Å². The number of benzene rings is 2. The van der Waals surface area contributed by atoms with E-state index in [0.29, 0.717) is 16.3 Å². The van der Waals surface area contributed by atoms with E-state index in [4.69, 9.17) is 27.9 Å². The molecule has 20 heavy (non-hydrogen) atoms. The second kappa shape index (κ2) is 5.94.